The Balaban J connectivity index is 1.82. The number of nitrogens with two attached hydrogens (primary N) is 1. The summed E-state index contributed by atoms with van der Waals surface area (Å²) in [4.78, 5) is 18.4. The van der Waals surface area contributed by atoms with Crippen LogP contribution in [0.15, 0.2) is 42.6 Å². The summed E-state index contributed by atoms with van der Waals surface area (Å²) in [5.74, 6) is -1.39. The molecule has 10 heteroatoms. The number of rotatable bonds is 4. The van der Waals surface area contributed by atoms with Crippen molar-refractivity contribution in [2.24, 2.45) is 0 Å². The van der Waals surface area contributed by atoms with E-state index < -0.39 is 16.6 Å². The highest BCUT2D eigenvalue weighted by molar-refractivity contribution is 5.91. The van der Waals surface area contributed by atoms with Crippen molar-refractivity contribution in [1.82, 2.24) is 19.7 Å². The quantitative estimate of drug-likeness (QED) is 0.418. The summed E-state index contributed by atoms with van der Waals surface area (Å²) in [6, 6.07) is 8.05. The van der Waals surface area contributed by atoms with E-state index in [1.807, 2.05) is 0 Å². The van der Waals surface area contributed by atoms with Gasteiger partial charge >= 0.3 is 0 Å². The fraction of sp³-hybridized carbons (Fsp3) is 0.0526. The SMILES string of the molecule is [CH2]c1cccc(-c2nc(N)nc3c2cnn3Cc2ccc([N+](=O)[O-])cc2F)c1F. The average Bonchev–Trinajstić information content (AvgIpc) is 3.07. The van der Waals surface area contributed by atoms with Crippen LogP contribution in [0.4, 0.5) is 20.4 Å². The first-order valence-corrected chi connectivity index (χ1v) is 8.38. The van der Waals surface area contributed by atoms with Gasteiger partial charge in [-0.3, -0.25) is 10.1 Å². The first-order valence-electron chi connectivity index (χ1n) is 8.38. The van der Waals surface area contributed by atoms with Crippen molar-refractivity contribution >= 4 is 22.7 Å². The van der Waals surface area contributed by atoms with Gasteiger partial charge in [0, 0.05) is 17.2 Å². The van der Waals surface area contributed by atoms with Crippen molar-refractivity contribution in [2.45, 2.75) is 6.54 Å². The number of nitrogens with zero attached hydrogens (tertiary/aromatic N) is 5. The predicted octanol–water partition coefficient (Wildman–Crippen LogP) is 3.49. The number of halogens is 2. The molecule has 0 unspecified atom stereocenters. The van der Waals surface area contributed by atoms with Crippen LogP contribution in [-0.2, 0) is 6.54 Å². The molecule has 0 atom stereocenters. The molecular weight excluding hydrogens is 382 g/mol. The Bertz CT molecular complexity index is 1270. The van der Waals surface area contributed by atoms with Crippen LogP contribution in [0.5, 0.6) is 0 Å². The third-order valence-corrected chi connectivity index (χ3v) is 4.41. The Morgan fingerprint density at radius 3 is 2.72 bits per heavy atom. The molecule has 145 valence electrons. The highest BCUT2D eigenvalue weighted by atomic mass is 19.1. The van der Waals surface area contributed by atoms with Crippen LogP contribution in [0, 0.1) is 28.7 Å². The molecule has 2 aromatic carbocycles. The van der Waals surface area contributed by atoms with E-state index in [1.165, 1.54) is 29.1 Å². The summed E-state index contributed by atoms with van der Waals surface area (Å²) in [7, 11) is 0. The number of aromatic nitrogens is 4. The molecule has 2 N–H and O–H groups in total. The molecule has 4 aromatic rings. The zero-order chi connectivity index (χ0) is 20.7. The molecule has 29 heavy (non-hydrogen) atoms. The van der Waals surface area contributed by atoms with E-state index in [9.17, 15) is 18.9 Å². The number of hydrogen-bond acceptors (Lipinski definition) is 6. The summed E-state index contributed by atoms with van der Waals surface area (Å²) < 4.78 is 30.2. The maximum atomic E-state index is 14.6. The van der Waals surface area contributed by atoms with Crippen molar-refractivity contribution in [2.75, 3.05) is 5.73 Å². The van der Waals surface area contributed by atoms with Gasteiger partial charge < -0.3 is 5.73 Å². The fourth-order valence-electron chi connectivity index (χ4n) is 3.00. The predicted molar refractivity (Wildman–Crippen MR) is 102 cm³/mol. The van der Waals surface area contributed by atoms with Gasteiger partial charge in [0.05, 0.1) is 34.8 Å². The van der Waals surface area contributed by atoms with Crippen molar-refractivity contribution in [3.05, 3.63) is 82.4 Å². The molecule has 0 saturated carbocycles. The third kappa shape index (κ3) is 3.24. The van der Waals surface area contributed by atoms with E-state index in [1.54, 1.807) is 12.1 Å². The Morgan fingerprint density at radius 2 is 2.00 bits per heavy atom. The molecule has 0 saturated heterocycles. The van der Waals surface area contributed by atoms with E-state index in [0.29, 0.717) is 5.39 Å². The minimum Gasteiger partial charge on any atom is -0.368 e. The lowest BCUT2D eigenvalue weighted by atomic mass is 10.1. The van der Waals surface area contributed by atoms with E-state index in [2.05, 4.69) is 22.0 Å². The molecule has 0 amide bonds. The minimum atomic E-state index is -0.749. The van der Waals surface area contributed by atoms with Gasteiger partial charge in [-0.05, 0) is 24.6 Å². The van der Waals surface area contributed by atoms with Gasteiger partial charge in [0.25, 0.3) is 5.69 Å². The Morgan fingerprint density at radius 1 is 1.21 bits per heavy atom. The molecule has 8 nitrogen and oxygen atoms in total. The number of non-ortho nitro benzene ring substituents is 1. The Kier molecular flexibility index (Phi) is 4.38. The minimum absolute atomic E-state index is 0.0545. The maximum Gasteiger partial charge on any atom is 0.272 e. The summed E-state index contributed by atoms with van der Waals surface area (Å²) in [5, 5.41) is 15.4. The van der Waals surface area contributed by atoms with Gasteiger partial charge in [-0.2, -0.15) is 10.1 Å². The van der Waals surface area contributed by atoms with Crippen LogP contribution >= 0.6 is 0 Å². The Labute approximate surface area is 162 Å². The first-order chi connectivity index (χ1) is 13.8. The monoisotopic (exact) mass is 395 g/mol. The molecule has 0 aliphatic rings. The lowest BCUT2D eigenvalue weighted by molar-refractivity contribution is -0.385. The zero-order valence-corrected chi connectivity index (χ0v) is 14.8. The van der Waals surface area contributed by atoms with E-state index in [-0.39, 0.29) is 46.2 Å². The molecule has 0 aliphatic carbocycles. The van der Waals surface area contributed by atoms with Gasteiger partial charge in [0.2, 0.25) is 5.95 Å². The molecule has 0 fully saturated rings. The van der Waals surface area contributed by atoms with Crippen molar-refractivity contribution < 1.29 is 13.7 Å². The van der Waals surface area contributed by atoms with Crippen LogP contribution in [0.3, 0.4) is 0 Å². The standard InChI is InChI=1S/C19H13F2N6O2/c1-10-3-2-4-13(16(10)21)17-14-8-23-26(18(14)25-19(22)24-17)9-11-5-6-12(27(28)29)7-15(11)20/h2-8H,1,9H2,(H2,22,24,25). The summed E-state index contributed by atoms with van der Waals surface area (Å²) in [6.45, 7) is 3.58. The number of nitro benzene ring substituents is 1. The van der Waals surface area contributed by atoms with Gasteiger partial charge in [0.1, 0.15) is 11.6 Å². The lowest BCUT2D eigenvalue weighted by Gasteiger charge is -2.08. The van der Waals surface area contributed by atoms with Gasteiger partial charge in [-0.1, -0.05) is 12.1 Å². The number of nitro groups is 1. The number of fused-ring (bicyclic) bond motifs is 1. The summed E-state index contributed by atoms with van der Waals surface area (Å²) >= 11 is 0. The second kappa shape index (κ2) is 6.89. The van der Waals surface area contributed by atoms with Crippen LogP contribution in [0.1, 0.15) is 11.1 Å². The molecule has 0 aliphatic heterocycles. The van der Waals surface area contributed by atoms with Crippen LogP contribution in [-0.4, -0.2) is 24.7 Å². The molecule has 4 rings (SSSR count). The van der Waals surface area contributed by atoms with Crippen LogP contribution in [0.2, 0.25) is 0 Å². The maximum absolute atomic E-state index is 14.6. The summed E-state index contributed by atoms with van der Waals surface area (Å²) in [6.07, 6.45) is 1.43. The molecule has 1 radical (unpaired) electrons. The molecule has 0 bridgehead atoms. The molecule has 2 heterocycles. The normalized spacial score (nSPS) is 11.1. The van der Waals surface area contributed by atoms with Crippen LogP contribution in [0.25, 0.3) is 22.3 Å². The van der Waals surface area contributed by atoms with Crippen molar-refractivity contribution in [3.63, 3.8) is 0 Å². The molecule has 0 spiro atoms. The second-order valence-electron chi connectivity index (χ2n) is 6.28. The highest BCUT2D eigenvalue weighted by Gasteiger charge is 2.18. The second-order valence-corrected chi connectivity index (χ2v) is 6.28. The van der Waals surface area contributed by atoms with E-state index >= 15 is 0 Å². The van der Waals surface area contributed by atoms with Crippen LogP contribution < -0.4 is 5.73 Å². The molecular formula is C19H13F2N6O2. The lowest BCUT2D eigenvalue weighted by Crippen LogP contribution is -2.07. The van der Waals surface area contributed by atoms with Gasteiger partial charge in [-0.25, -0.2) is 18.4 Å². The smallest absolute Gasteiger partial charge is 0.272 e. The fourth-order valence-corrected chi connectivity index (χ4v) is 3.00. The van der Waals surface area contributed by atoms with Crippen molar-refractivity contribution in [3.8, 4) is 11.3 Å². The van der Waals surface area contributed by atoms with Gasteiger partial charge in [-0.15, -0.1) is 0 Å². The number of nitrogen functional groups attached to an aromatic ring is 1. The first kappa shape index (κ1) is 18.4. The largest absolute Gasteiger partial charge is 0.368 e. The highest BCUT2D eigenvalue weighted by Crippen LogP contribution is 2.30. The van der Waals surface area contributed by atoms with Gasteiger partial charge in [0.15, 0.2) is 5.65 Å². The van der Waals surface area contributed by atoms with Crippen molar-refractivity contribution in [1.29, 1.82) is 0 Å². The number of anilines is 1. The topological polar surface area (TPSA) is 113 Å². The third-order valence-electron chi connectivity index (χ3n) is 4.41. The Hall–Kier alpha value is -3.95. The number of benzene rings is 2. The number of hydrogen-bond donors (Lipinski definition) is 1. The van der Waals surface area contributed by atoms with E-state index in [0.717, 1.165) is 6.07 Å². The average molecular weight is 395 g/mol. The summed E-state index contributed by atoms with van der Waals surface area (Å²) in [5.41, 5.74) is 6.54. The molecule has 2 aromatic heterocycles. The van der Waals surface area contributed by atoms with E-state index in [4.69, 9.17) is 5.73 Å². The zero-order valence-electron chi connectivity index (χ0n) is 14.8.